The van der Waals surface area contributed by atoms with Gasteiger partial charge in [-0.3, -0.25) is 4.79 Å². The molecule has 1 unspecified atom stereocenters. The number of halogens is 1. The maximum atomic E-state index is 12.0. The average Bonchev–Trinajstić information content (AvgIpc) is 2.25. The molecule has 0 aliphatic heterocycles. The van der Waals surface area contributed by atoms with Crippen LogP contribution in [0.1, 0.15) is 23.7 Å². The smallest absolute Gasteiger partial charge is 0.337 e. The number of hydrogen-bond donors (Lipinski definition) is 3. The second-order valence-electron chi connectivity index (χ2n) is 4.14. The quantitative estimate of drug-likeness (QED) is 0.706. The van der Waals surface area contributed by atoms with Gasteiger partial charge >= 0.3 is 5.97 Å². The van der Waals surface area contributed by atoms with E-state index in [9.17, 15) is 18.0 Å². The Balaban J connectivity index is 3.02. The average molecular weight is 321 g/mol. The van der Waals surface area contributed by atoms with E-state index in [1.54, 1.807) is 0 Å². The summed E-state index contributed by atoms with van der Waals surface area (Å²) in [5.74, 6) is -1.89. The van der Waals surface area contributed by atoms with Gasteiger partial charge < -0.3 is 10.8 Å². The summed E-state index contributed by atoms with van der Waals surface area (Å²) in [6.07, 6.45) is -0.153. The van der Waals surface area contributed by atoms with Gasteiger partial charge in [-0.25, -0.2) is 17.9 Å². The first-order valence-corrected chi connectivity index (χ1v) is 7.33. The molecule has 1 atom stereocenters. The first-order valence-electron chi connectivity index (χ1n) is 5.47. The van der Waals surface area contributed by atoms with E-state index in [0.29, 0.717) is 0 Å². The highest BCUT2D eigenvalue weighted by molar-refractivity contribution is 7.89. The van der Waals surface area contributed by atoms with E-state index in [-0.39, 0.29) is 21.9 Å². The number of carbonyl (C=O) groups excluding carboxylic acids is 1. The van der Waals surface area contributed by atoms with Gasteiger partial charge in [0, 0.05) is 12.5 Å². The maximum absolute atomic E-state index is 12.0. The lowest BCUT2D eigenvalue weighted by molar-refractivity contribution is -0.118. The van der Waals surface area contributed by atoms with Gasteiger partial charge in [-0.15, -0.1) is 0 Å². The standard InChI is InChI=1S/C11H13ClN2O5S/c1-6(4-10(13)15)14-20(18,19)7-2-3-8(11(16)17)9(12)5-7/h2-3,5-6,14H,4H2,1H3,(H2,13,15)(H,16,17). The van der Waals surface area contributed by atoms with Crippen molar-refractivity contribution in [2.24, 2.45) is 5.73 Å². The minimum Gasteiger partial charge on any atom is -0.478 e. The third kappa shape index (κ3) is 4.19. The van der Waals surface area contributed by atoms with Gasteiger partial charge in [0.2, 0.25) is 15.9 Å². The molecule has 0 aliphatic rings. The zero-order valence-electron chi connectivity index (χ0n) is 10.5. The summed E-state index contributed by atoms with van der Waals surface area (Å²) in [4.78, 5) is 21.3. The molecule has 0 radical (unpaired) electrons. The number of carboxylic acid groups (broad SMARTS) is 1. The Hall–Kier alpha value is -1.64. The molecule has 20 heavy (non-hydrogen) atoms. The van der Waals surface area contributed by atoms with Crippen LogP contribution in [0, 0.1) is 0 Å². The van der Waals surface area contributed by atoms with Crippen LogP contribution < -0.4 is 10.5 Å². The monoisotopic (exact) mass is 320 g/mol. The zero-order chi connectivity index (χ0) is 15.5. The fourth-order valence-electron chi connectivity index (χ4n) is 1.51. The number of carboxylic acids is 1. The van der Waals surface area contributed by atoms with Crippen LogP contribution >= 0.6 is 11.6 Å². The molecule has 0 saturated carbocycles. The van der Waals surface area contributed by atoms with Crippen molar-refractivity contribution in [1.29, 1.82) is 0 Å². The molecule has 1 aromatic rings. The van der Waals surface area contributed by atoms with Crippen molar-refractivity contribution < 1.29 is 23.1 Å². The third-order valence-electron chi connectivity index (χ3n) is 2.34. The highest BCUT2D eigenvalue weighted by atomic mass is 35.5. The minimum atomic E-state index is -3.91. The van der Waals surface area contributed by atoms with Crippen molar-refractivity contribution in [3.05, 3.63) is 28.8 Å². The number of hydrogen-bond acceptors (Lipinski definition) is 4. The van der Waals surface area contributed by atoms with E-state index < -0.39 is 27.9 Å². The number of primary amides is 1. The fraction of sp³-hybridized carbons (Fsp3) is 0.273. The summed E-state index contributed by atoms with van der Waals surface area (Å²) in [6, 6.07) is 2.56. The summed E-state index contributed by atoms with van der Waals surface area (Å²) < 4.78 is 26.2. The molecule has 0 saturated heterocycles. The number of rotatable bonds is 6. The summed E-state index contributed by atoms with van der Waals surface area (Å²) in [6.45, 7) is 1.48. The second kappa shape index (κ2) is 6.21. The van der Waals surface area contributed by atoms with Crippen LogP contribution in [0.15, 0.2) is 23.1 Å². The first-order chi connectivity index (χ1) is 9.13. The SMILES string of the molecule is CC(CC(N)=O)NS(=O)(=O)c1ccc(C(=O)O)c(Cl)c1. The van der Waals surface area contributed by atoms with E-state index in [1.807, 2.05) is 0 Å². The van der Waals surface area contributed by atoms with Gasteiger partial charge in [0.25, 0.3) is 0 Å². The van der Waals surface area contributed by atoms with Crippen molar-refractivity contribution in [3.63, 3.8) is 0 Å². The number of nitrogens with two attached hydrogens (primary N) is 1. The highest BCUT2D eigenvalue weighted by Crippen LogP contribution is 2.21. The molecule has 110 valence electrons. The molecule has 0 bridgehead atoms. The molecule has 0 aliphatic carbocycles. The molecular formula is C11H13ClN2O5S. The lowest BCUT2D eigenvalue weighted by Crippen LogP contribution is -2.35. The molecule has 1 amide bonds. The first kappa shape index (κ1) is 16.4. The lowest BCUT2D eigenvalue weighted by atomic mass is 10.2. The van der Waals surface area contributed by atoms with E-state index in [0.717, 1.165) is 18.2 Å². The van der Waals surface area contributed by atoms with Crippen molar-refractivity contribution in [3.8, 4) is 0 Å². The van der Waals surface area contributed by atoms with Crippen LogP contribution in [0.5, 0.6) is 0 Å². The lowest BCUT2D eigenvalue weighted by Gasteiger charge is -2.13. The van der Waals surface area contributed by atoms with Crippen LogP contribution in [0.4, 0.5) is 0 Å². The predicted molar refractivity (Wildman–Crippen MR) is 72.0 cm³/mol. The van der Waals surface area contributed by atoms with Gasteiger partial charge in [0.1, 0.15) is 0 Å². The molecule has 9 heteroatoms. The predicted octanol–water partition coefficient (Wildman–Crippen LogP) is 0.580. The van der Waals surface area contributed by atoms with Crippen LogP contribution in [0.25, 0.3) is 0 Å². The van der Waals surface area contributed by atoms with Gasteiger partial charge in [-0.2, -0.15) is 0 Å². The summed E-state index contributed by atoms with van der Waals surface area (Å²) in [5.41, 5.74) is 4.77. The van der Waals surface area contributed by atoms with E-state index in [4.69, 9.17) is 22.4 Å². The van der Waals surface area contributed by atoms with Crippen molar-refractivity contribution >= 4 is 33.5 Å². The van der Waals surface area contributed by atoms with Crippen LogP contribution in [-0.4, -0.2) is 31.4 Å². The molecule has 0 heterocycles. The van der Waals surface area contributed by atoms with Crippen molar-refractivity contribution in [1.82, 2.24) is 4.72 Å². The Morgan fingerprint density at radius 2 is 2.05 bits per heavy atom. The molecule has 7 nitrogen and oxygen atoms in total. The Kier molecular flexibility index (Phi) is 5.09. The Labute approximate surface area is 120 Å². The Bertz CT molecular complexity index is 644. The van der Waals surface area contributed by atoms with Crippen LogP contribution in [-0.2, 0) is 14.8 Å². The molecule has 0 aromatic heterocycles. The number of benzene rings is 1. The van der Waals surface area contributed by atoms with Crippen LogP contribution in [0.3, 0.4) is 0 Å². The molecule has 1 aromatic carbocycles. The molecule has 0 spiro atoms. The van der Waals surface area contributed by atoms with Crippen molar-refractivity contribution in [2.75, 3.05) is 0 Å². The van der Waals surface area contributed by atoms with Gasteiger partial charge in [-0.1, -0.05) is 11.6 Å². The second-order valence-corrected chi connectivity index (χ2v) is 6.26. The van der Waals surface area contributed by atoms with Gasteiger partial charge in [0.05, 0.1) is 15.5 Å². The van der Waals surface area contributed by atoms with E-state index >= 15 is 0 Å². The fourth-order valence-corrected chi connectivity index (χ4v) is 3.11. The Morgan fingerprint density at radius 1 is 1.45 bits per heavy atom. The van der Waals surface area contributed by atoms with Crippen molar-refractivity contribution in [2.45, 2.75) is 24.3 Å². The highest BCUT2D eigenvalue weighted by Gasteiger charge is 2.20. The summed E-state index contributed by atoms with van der Waals surface area (Å²) in [5, 5.41) is 8.61. The largest absolute Gasteiger partial charge is 0.478 e. The molecule has 0 fully saturated rings. The summed E-state index contributed by atoms with van der Waals surface area (Å²) in [7, 11) is -3.91. The number of aromatic carboxylic acids is 1. The summed E-state index contributed by atoms with van der Waals surface area (Å²) >= 11 is 5.70. The number of carbonyl (C=O) groups is 2. The molecule has 4 N–H and O–H groups in total. The third-order valence-corrected chi connectivity index (χ3v) is 4.24. The van der Waals surface area contributed by atoms with E-state index in [1.165, 1.54) is 6.92 Å². The molecular weight excluding hydrogens is 308 g/mol. The molecule has 1 rings (SSSR count). The maximum Gasteiger partial charge on any atom is 0.337 e. The number of amides is 1. The zero-order valence-corrected chi connectivity index (χ0v) is 12.0. The van der Waals surface area contributed by atoms with E-state index in [2.05, 4.69) is 4.72 Å². The topological polar surface area (TPSA) is 127 Å². The number of sulfonamides is 1. The minimum absolute atomic E-state index is 0.153. The van der Waals surface area contributed by atoms with Gasteiger partial charge in [0.15, 0.2) is 0 Å². The normalized spacial score (nSPS) is 12.9. The van der Waals surface area contributed by atoms with Crippen LogP contribution in [0.2, 0.25) is 5.02 Å². The number of nitrogens with one attached hydrogen (secondary N) is 1. The van der Waals surface area contributed by atoms with Gasteiger partial charge in [-0.05, 0) is 25.1 Å². The Morgan fingerprint density at radius 3 is 2.50 bits per heavy atom.